The summed E-state index contributed by atoms with van der Waals surface area (Å²) in [4.78, 5) is 6.74. The van der Waals surface area contributed by atoms with Crippen LogP contribution in [0.4, 0.5) is 0 Å². The number of hydrogen-bond acceptors (Lipinski definition) is 5. The second kappa shape index (κ2) is 11.4. The predicted octanol–water partition coefficient (Wildman–Crippen LogP) is 0.903. The van der Waals surface area contributed by atoms with Crippen LogP contribution in [-0.4, -0.2) is 62.7 Å². The van der Waals surface area contributed by atoms with E-state index >= 15 is 0 Å². The normalized spacial score (nSPS) is 10.9. The average molecular weight is 327 g/mol. The molecule has 22 heavy (non-hydrogen) atoms. The van der Waals surface area contributed by atoms with Crippen molar-refractivity contribution < 1.29 is 0 Å². The van der Waals surface area contributed by atoms with Crippen LogP contribution < -0.4 is 16.0 Å². The molecule has 0 unspecified atom stereocenters. The smallest absolute Gasteiger partial charge is 0.188 e. The monoisotopic (exact) mass is 326 g/mol. The number of hydrogen-bond donors (Lipinski definition) is 4. The Hall–Kier alpha value is -1.18. The number of nitrogens with zero attached hydrogens (tertiary/aromatic N) is 2. The standard InChI is InChI=1S/C15H30N6S/c1-4-17-9-7-14-20-13(12-22-14)6-5-8-18-15(16)19-10-11-21(2)3/h12,17H,4-11H2,1-3H3,(H3,16,18,19). The van der Waals surface area contributed by atoms with Crippen molar-refractivity contribution in [3.05, 3.63) is 16.1 Å². The van der Waals surface area contributed by atoms with Crippen LogP contribution in [0.5, 0.6) is 0 Å². The van der Waals surface area contributed by atoms with Gasteiger partial charge < -0.3 is 20.9 Å². The zero-order chi connectivity index (χ0) is 16.2. The maximum atomic E-state index is 7.75. The van der Waals surface area contributed by atoms with E-state index in [1.807, 2.05) is 14.1 Å². The molecule has 7 heteroatoms. The Morgan fingerprint density at radius 2 is 2.00 bits per heavy atom. The van der Waals surface area contributed by atoms with Crippen molar-refractivity contribution in [1.29, 1.82) is 5.41 Å². The van der Waals surface area contributed by atoms with Gasteiger partial charge in [0, 0.05) is 38.0 Å². The van der Waals surface area contributed by atoms with Gasteiger partial charge in [-0.15, -0.1) is 11.3 Å². The highest BCUT2D eigenvalue weighted by Gasteiger charge is 2.02. The topological polar surface area (TPSA) is 76.1 Å². The second-order valence-corrected chi connectivity index (χ2v) is 6.41. The molecule has 0 aliphatic carbocycles. The molecule has 0 aromatic carbocycles. The summed E-state index contributed by atoms with van der Waals surface area (Å²) in [5.41, 5.74) is 1.17. The zero-order valence-corrected chi connectivity index (χ0v) is 14.9. The summed E-state index contributed by atoms with van der Waals surface area (Å²) in [6.07, 6.45) is 2.97. The zero-order valence-electron chi connectivity index (χ0n) is 14.0. The molecule has 6 nitrogen and oxygen atoms in total. The molecule has 1 aromatic heterocycles. The van der Waals surface area contributed by atoms with Crippen molar-refractivity contribution in [2.75, 3.05) is 46.8 Å². The molecule has 0 bridgehead atoms. The van der Waals surface area contributed by atoms with E-state index in [0.717, 1.165) is 52.0 Å². The fraction of sp³-hybridized carbons (Fsp3) is 0.733. The first-order valence-corrected chi connectivity index (χ1v) is 8.84. The molecule has 0 saturated heterocycles. The molecule has 1 rings (SSSR count). The average Bonchev–Trinajstić information content (AvgIpc) is 2.91. The van der Waals surface area contributed by atoms with Gasteiger partial charge in [0.2, 0.25) is 0 Å². The van der Waals surface area contributed by atoms with E-state index in [4.69, 9.17) is 5.41 Å². The third-order valence-electron chi connectivity index (χ3n) is 3.14. The highest BCUT2D eigenvalue weighted by Crippen LogP contribution is 2.11. The van der Waals surface area contributed by atoms with Crippen molar-refractivity contribution in [3.63, 3.8) is 0 Å². The first-order chi connectivity index (χ1) is 10.6. The van der Waals surface area contributed by atoms with Crippen LogP contribution in [-0.2, 0) is 12.8 Å². The van der Waals surface area contributed by atoms with Crippen LogP contribution in [0.3, 0.4) is 0 Å². The van der Waals surface area contributed by atoms with E-state index in [9.17, 15) is 0 Å². The van der Waals surface area contributed by atoms with Crippen molar-refractivity contribution in [1.82, 2.24) is 25.8 Å². The summed E-state index contributed by atoms with van der Waals surface area (Å²) in [6.45, 7) is 6.66. The van der Waals surface area contributed by atoms with E-state index < -0.39 is 0 Å². The lowest BCUT2D eigenvalue weighted by molar-refractivity contribution is 0.411. The first-order valence-electron chi connectivity index (χ1n) is 7.96. The quantitative estimate of drug-likeness (QED) is 0.276. The molecule has 4 N–H and O–H groups in total. The fourth-order valence-electron chi connectivity index (χ4n) is 1.90. The molecule has 0 spiro atoms. The molecule has 0 amide bonds. The Bertz CT molecular complexity index is 418. The minimum atomic E-state index is 0.409. The van der Waals surface area contributed by atoms with E-state index in [1.165, 1.54) is 10.7 Å². The number of likely N-dealkylation sites (N-methyl/N-ethyl adjacent to an activating group) is 2. The molecular weight excluding hydrogens is 296 g/mol. The Kier molecular flexibility index (Phi) is 9.77. The number of aryl methyl sites for hydroxylation is 1. The third kappa shape index (κ3) is 8.96. The molecule has 0 atom stereocenters. The van der Waals surface area contributed by atoms with Gasteiger partial charge in [0.05, 0.1) is 10.7 Å². The van der Waals surface area contributed by atoms with Gasteiger partial charge in [-0.25, -0.2) is 4.98 Å². The first kappa shape index (κ1) is 18.9. The fourth-order valence-corrected chi connectivity index (χ4v) is 2.73. The molecule has 0 aliphatic rings. The van der Waals surface area contributed by atoms with Gasteiger partial charge in [-0.2, -0.15) is 0 Å². The number of guanidine groups is 1. The lowest BCUT2D eigenvalue weighted by Crippen LogP contribution is -2.40. The Morgan fingerprint density at radius 3 is 2.73 bits per heavy atom. The summed E-state index contributed by atoms with van der Waals surface area (Å²) < 4.78 is 0. The van der Waals surface area contributed by atoms with E-state index in [2.05, 4.69) is 38.1 Å². The molecule has 0 radical (unpaired) electrons. The Morgan fingerprint density at radius 1 is 1.23 bits per heavy atom. The van der Waals surface area contributed by atoms with E-state index in [-0.39, 0.29) is 0 Å². The van der Waals surface area contributed by atoms with Crippen molar-refractivity contribution in [3.8, 4) is 0 Å². The minimum absolute atomic E-state index is 0.409. The van der Waals surface area contributed by atoms with Crippen LogP contribution in [0.2, 0.25) is 0 Å². The largest absolute Gasteiger partial charge is 0.357 e. The molecule has 1 heterocycles. The van der Waals surface area contributed by atoms with Crippen LogP contribution in [0.15, 0.2) is 5.38 Å². The highest BCUT2D eigenvalue weighted by atomic mass is 32.1. The summed E-state index contributed by atoms with van der Waals surface area (Å²) >= 11 is 1.75. The van der Waals surface area contributed by atoms with Gasteiger partial charge in [-0.3, -0.25) is 5.41 Å². The highest BCUT2D eigenvalue weighted by molar-refractivity contribution is 7.09. The molecule has 1 aromatic rings. The molecule has 0 saturated carbocycles. The van der Waals surface area contributed by atoms with Gasteiger partial charge in [0.15, 0.2) is 5.96 Å². The maximum absolute atomic E-state index is 7.75. The van der Waals surface area contributed by atoms with Crippen molar-refractivity contribution >= 4 is 17.3 Å². The number of rotatable bonds is 11. The molecular formula is C15H30N6S. The molecule has 0 aliphatic heterocycles. The second-order valence-electron chi connectivity index (χ2n) is 5.47. The third-order valence-corrected chi connectivity index (χ3v) is 4.09. The summed E-state index contributed by atoms with van der Waals surface area (Å²) in [7, 11) is 4.05. The summed E-state index contributed by atoms with van der Waals surface area (Å²) in [6, 6.07) is 0. The molecule has 0 fully saturated rings. The van der Waals surface area contributed by atoms with Crippen LogP contribution >= 0.6 is 11.3 Å². The Balaban J connectivity index is 2.07. The molecule has 126 valence electrons. The van der Waals surface area contributed by atoms with Crippen LogP contribution in [0, 0.1) is 5.41 Å². The van der Waals surface area contributed by atoms with Crippen LogP contribution in [0.25, 0.3) is 0 Å². The number of nitrogens with one attached hydrogen (secondary N) is 4. The summed E-state index contributed by atoms with van der Waals surface area (Å²) in [5, 5.41) is 20.6. The lowest BCUT2D eigenvalue weighted by Gasteiger charge is -2.13. The van der Waals surface area contributed by atoms with Crippen LogP contribution in [0.1, 0.15) is 24.0 Å². The van der Waals surface area contributed by atoms with Gasteiger partial charge >= 0.3 is 0 Å². The van der Waals surface area contributed by atoms with Gasteiger partial charge in [0.25, 0.3) is 0 Å². The summed E-state index contributed by atoms with van der Waals surface area (Å²) in [5.74, 6) is 0.409. The Labute approximate surface area is 138 Å². The maximum Gasteiger partial charge on any atom is 0.188 e. The van der Waals surface area contributed by atoms with E-state index in [0.29, 0.717) is 5.96 Å². The minimum Gasteiger partial charge on any atom is -0.357 e. The van der Waals surface area contributed by atoms with E-state index in [1.54, 1.807) is 11.3 Å². The number of aromatic nitrogens is 1. The van der Waals surface area contributed by atoms with Crippen molar-refractivity contribution in [2.24, 2.45) is 0 Å². The van der Waals surface area contributed by atoms with Gasteiger partial charge in [-0.1, -0.05) is 6.92 Å². The predicted molar refractivity (Wildman–Crippen MR) is 95.0 cm³/mol. The SMILES string of the molecule is CCNCCc1nc(CCCNC(=N)NCCN(C)C)cs1. The van der Waals surface area contributed by atoms with Gasteiger partial charge in [-0.05, 0) is 33.5 Å². The van der Waals surface area contributed by atoms with Gasteiger partial charge in [0.1, 0.15) is 0 Å². The number of thiazole rings is 1. The lowest BCUT2D eigenvalue weighted by atomic mass is 10.2. The van der Waals surface area contributed by atoms with Crippen molar-refractivity contribution in [2.45, 2.75) is 26.2 Å².